The van der Waals surface area contributed by atoms with Crippen LogP contribution in [0.2, 0.25) is 0 Å². The molecule has 79 heavy (non-hydrogen) atoms. The molecule has 0 atom stereocenters. The molecule has 0 bridgehead atoms. The highest BCUT2D eigenvalue weighted by atomic mass is 79.9. The predicted molar refractivity (Wildman–Crippen MR) is 340 cm³/mol. The molecule has 12 aromatic rings. The summed E-state index contributed by atoms with van der Waals surface area (Å²) in [5, 5.41) is 0. The molecule has 12 rings (SSSR count). The number of benzene rings is 12. The summed E-state index contributed by atoms with van der Waals surface area (Å²) >= 11 is 3.83. The van der Waals surface area contributed by atoms with Gasteiger partial charge in [0.05, 0.1) is 11.4 Å². The lowest BCUT2D eigenvalue weighted by Crippen LogP contribution is -2.19. The van der Waals surface area contributed by atoms with E-state index < -0.39 is 0 Å². The van der Waals surface area contributed by atoms with Crippen molar-refractivity contribution in [3.05, 3.63) is 313 Å². The highest BCUT2D eigenvalue weighted by molar-refractivity contribution is 9.10. The maximum atomic E-state index is 3.83. The van der Waals surface area contributed by atoms with Gasteiger partial charge in [-0.05, 0) is 145 Å². The quantitative estimate of drug-likeness (QED) is 0.114. The summed E-state index contributed by atoms with van der Waals surface area (Å²) < 4.78 is 1.01. The van der Waals surface area contributed by atoms with E-state index in [1.165, 1.54) is 11.1 Å². The van der Waals surface area contributed by atoms with Gasteiger partial charge in [0.15, 0.2) is 0 Å². The summed E-state index contributed by atoms with van der Waals surface area (Å²) in [5.74, 6) is 0. The second-order valence-electron chi connectivity index (χ2n) is 21.1. The lowest BCUT2D eigenvalue weighted by molar-refractivity contribution is 0.590. The third-order valence-corrected chi connectivity index (χ3v) is 15.4. The number of hydrogen-bond acceptors (Lipinski definition) is 2. The third kappa shape index (κ3) is 10.7. The van der Waals surface area contributed by atoms with Crippen LogP contribution in [-0.4, -0.2) is 0 Å². The molecular weight excluding hydrogens is 1020 g/mol. The number of hydrogen-bond donors (Lipinski definition) is 0. The largest absolute Gasteiger partial charge is 0.309 e. The van der Waals surface area contributed by atoms with Gasteiger partial charge in [0.2, 0.25) is 0 Å². The molecule has 0 aromatic heterocycles. The van der Waals surface area contributed by atoms with Gasteiger partial charge in [-0.3, -0.25) is 0 Å². The summed E-state index contributed by atoms with van der Waals surface area (Å²) in [5.41, 5.74) is 23.1. The molecule has 3 heteroatoms. The second kappa shape index (κ2) is 22.4. The maximum absolute atomic E-state index is 3.83. The zero-order valence-corrected chi connectivity index (χ0v) is 46.2. The molecule has 380 valence electrons. The van der Waals surface area contributed by atoms with Crippen LogP contribution in [0.5, 0.6) is 0 Å². The Morgan fingerprint density at radius 2 is 0.494 bits per heavy atom. The highest BCUT2D eigenvalue weighted by Crippen LogP contribution is 2.53. The van der Waals surface area contributed by atoms with Gasteiger partial charge >= 0.3 is 0 Å². The Hall–Kier alpha value is -9.28. The second-order valence-corrected chi connectivity index (χ2v) is 22.0. The summed E-state index contributed by atoms with van der Waals surface area (Å²) in [7, 11) is 0. The van der Waals surface area contributed by atoms with Crippen LogP contribution < -0.4 is 9.80 Å². The topological polar surface area (TPSA) is 6.48 Å². The average Bonchev–Trinajstić information content (AvgIpc) is 3.67. The Kier molecular flexibility index (Phi) is 14.3. The van der Waals surface area contributed by atoms with Crippen LogP contribution in [0.4, 0.5) is 34.1 Å². The Labute approximate surface area is 474 Å². The fraction of sp³-hybridized carbons (Fsp3) is 0.0526. The van der Waals surface area contributed by atoms with E-state index in [4.69, 9.17) is 0 Å². The molecule has 0 aliphatic heterocycles. The molecule has 12 aromatic carbocycles. The molecule has 0 fully saturated rings. The molecule has 0 N–H and O–H groups in total. The molecule has 0 radical (unpaired) electrons. The molecule has 0 aliphatic rings. The van der Waals surface area contributed by atoms with Crippen LogP contribution in [0.3, 0.4) is 0 Å². The van der Waals surface area contributed by atoms with Gasteiger partial charge in [-0.1, -0.05) is 261 Å². The van der Waals surface area contributed by atoms with Crippen molar-refractivity contribution in [1.29, 1.82) is 0 Å². The zero-order chi connectivity index (χ0) is 53.7. The lowest BCUT2D eigenvalue weighted by Gasteiger charge is -2.35. The van der Waals surface area contributed by atoms with Crippen molar-refractivity contribution < 1.29 is 0 Å². The highest BCUT2D eigenvalue weighted by Gasteiger charge is 2.30. The summed E-state index contributed by atoms with van der Waals surface area (Å²) in [6.45, 7) is 6.99. The van der Waals surface area contributed by atoms with Crippen molar-refractivity contribution in [3.63, 3.8) is 0 Å². The van der Waals surface area contributed by atoms with Crippen molar-refractivity contribution in [1.82, 2.24) is 0 Å². The van der Waals surface area contributed by atoms with Gasteiger partial charge in [0, 0.05) is 49.5 Å². The first-order valence-corrected chi connectivity index (χ1v) is 27.9. The van der Waals surface area contributed by atoms with Crippen LogP contribution in [0, 0.1) is 0 Å². The van der Waals surface area contributed by atoms with Crippen LogP contribution in [0.15, 0.2) is 308 Å². The zero-order valence-electron chi connectivity index (χ0n) is 44.6. The van der Waals surface area contributed by atoms with E-state index in [9.17, 15) is 0 Å². The number of anilines is 6. The minimum atomic E-state index is -0.275. The van der Waals surface area contributed by atoms with Crippen molar-refractivity contribution in [2.24, 2.45) is 0 Å². The van der Waals surface area contributed by atoms with E-state index in [2.05, 4.69) is 350 Å². The number of nitrogens with zero attached hydrogens (tertiary/aromatic N) is 2. The van der Waals surface area contributed by atoms with E-state index in [0.29, 0.717) is 0 Å². The minimum Gasteiger partial charge on any atom is -0.309 e. The van der Waals surface area contributed by atoms with Crippen LogP contribution in [0.1, 0.15) is 26.3 Å². The molecule has 0 heterocycles. The van der Waals surface area contributed by atoms with Crippen molar-refractivity contribution in [3.8, 4) is 77.9 Å². The molecule has 0 spiro atoms. The molecule has 0 unspecified atom stereocenters. The van der Waals surface area contributed by atoms with E-state index in [0.717, 1.165) is 111 Å². The normalized spacial score (nSPS) is 11.3. The summed E-state index contributed by atoms with van der Waals surface area (Å²) in [6, 6.07) is 111. The van der Waals surface area contributed by atoms with Crippen molar-refractivity contribution in [2.75, 3.05) is 9.80 Å². The van der Waals surface area contributed by atoms with Gasteiger partial charge < -0.3 is 9.80 Å². The van der Waals surface area contributed by atoms with Crippen molar-refractivity contribution >= 4 is 50.1 Å². The van der Waals surface area contributed by atoms with Gasteiger partial charge in [0.1, 0.15) is 0 Å². The number of rotatable bonds is 13. The van der Waals surface area contributed by atoms with E-state index in [1.807, 2.05) is 0 Å². The van der Waals surface area contributed by atoms with Crippen molar-refractivity contribution in [2.45, 2.75) is 26.2 Å². The molecule has 0 saturated heterocycles. The first-order valence-electron chi connectivity index (χ1n) is 27.1. The molecule has 0 aliphatic carbocycles. The van der Waals surface area contributed by atoms with E-state index in [1.54, 1.807) is 0 Å². The predicted octanol–water partition coefficient (Wildman–Crippen LogP) is 22.4. The first kappa shape index (κ1) is 50.5. The lowest BCUT2D eigenvalue weighted by atomic mass is 9.85. The van der Waals surface area contributed by atoms with Gasteiger partial charge in [-0.25, -0.2) is 0 Å². The van der Waals surface area contributed by atoms with E-state index >= 15 is 0 Å². The maximum Gasteiger partial charge on any atom is 0.0618 e. The Morgan fingerprint density at radius 3 is 0.785 bits per heavy atom. The standard InChI is InChI=1S/C76H59BrN2/c1-76(2,3)64-51-68(53-69(52-64)79(67-45-41-65(77)42-46-67)75-72(60-35-21-9-22-36-60)49-63(56-29-15-6-16-30-56)50-73(75)61-37-23-10-24-38-61)78(66-43-39-57(40-44-66)54-25-11-4-12-26-54)74-70(58-31-17-7-18-32-58)47-62(55-27-13-5-14-28-55)48-71(74)59-33-19-8-20-34-59/h4-53H,1-3H3. The SMILES string of the molecule is CC(C)(C)c1cc(N(c2ccc(Br)cc2)c2c(-c3ccccc3)cc(-c3ccccc3)cc2-c2ccccc2)cc(N(c2ccc(-c3ccccc3)cc2)c2c(-c3ccccc3)cc(-c3ccccc3)cc2-c2ccccc2)c1. The van der Waals surface area contributed by atoms with Crippen LogP contribution in [-0.2, 0) is 5.41 Å². The van der Waals surface area contributed by atoms with E-state index in [-0.39, 0.29) is 5.41 Å². The van der Waals surface area contributed by atoms with Gasteiger partial charge in [0.25, 0.3) is 0 Å². The smallest absolute Gasteiger partial charge is 0.0618 e. The molecule has 0 saturated carbocycles. The summed E-state index contributed by atoms with van der Waals surface area (Å²) in [4.78, 5) is 5.04. The average molecular weight is 1080 g/mol. The van der Waals surface area contributed by atoms with Crippen LogP contribution in [0.25, 0.3) is 77.9 Å². The molecule has 2 nitrogen and oxygen atoms in total. The fourth-order valence-corrected chi connectivity index (χ4v) is 11.1. The third-order valence-electron chi connectivity index (χ3n) is 14.8. The Bertz CT molecular complexity index is 3870. The fourth-order valence-electron chi connectivity index (χ4n) is 10.8. The monoisotopic (exact) mass is 1080 g/mol. The van der Waals surface area contributed by atoms with Gasteiger partial charge in [-0.15, -0.1) is 0 Å². The molecular formula is C76H59BrN2. The molecule has 0 amide bonds. The van der Waals surface area contributed by atoms with Crippen LogP contribution >= 0.6 is 15.9 Å². The Morgan fingerprint density at radius 1 is 0.241 bits per heavy atom. The number of halogens is 1. The van der Waals surface area contributed by atoms with Gasteiger partial charge in [-0.2, -0.15) is 0 Å². The summed E-state index contributed by atoms with van der Waals surface area (Å²) in [6.07, 6.45) is 0. The minimum absolute atomic E-state index is 0.275. The first-order chi connectivity index (χ1) is 38.7. The Balaban J connectivity index is 1.21.